The molecule has 0 aromatic heterocycles. The summed E-state index contributed by atoms with van der Waals surface area (Å²) in [4.78, 5) is 0. The summed E-state index contributed by atoms with van der Waals surface area (Å²) in [7, 11) is 3.45. The quantitative estimate of drug-likeness (QED) is 0.808. The van der Waals surface area contributed by atoms with Gasteiger partial charge in [-0.3, -0.25) is 0 Å². The fraction of sp³-hybridized carbons (Fsp3) is 0.600. The maximum absolute atomic E-state index is 5.48. The Bertz CT molecular complexity index is 366. The van der Waals surface area contributed by atoms with Gasteiger partial charge < -0.3 is 14.8 Å². The zero-order valence-electron chi connectivity index (χ0n) is 12.1. The highest BCUT2D eigenvalue weighted by molar-refractivity contribution is 5.37. The molecule has 2 unspecified atom stereocenters. The maximum atomic E-state index is 5.48. The minimum Gasteiger partial charge on any atom is -0.497 e. The first-order chi connectivity index (χ1) is 8.63. The van der Waals surface area contributed by atoms with Crippen LogP contribution < -0.4 is 10.1 Å². The Morgan fingerprint density at radius 1 is 1.28 bits per heavy atom. The van der Waals surface area contributed by atoms with Gasteiger partial charge in [0.15, 0.2) is 0 Å². The van der Waals surface area contributed by atoms with E-state index < -0.39 is 0 Å². The number of rotatable bonds is 7. The summed E-state index contributed by atoms with van der Waals surface area (Å²) in [5.74, 6) is 0.899. The molecule has 0 bridgehead atoms. The van der Waals surface area contributed by atoms with E-state index in [1.807, 2.05) is 6.07 Å². The summed E-state index contributed by atoms with van der Waals surface area (Å²) in [6.45, 7) is 7.37. The molecule has 0 heterocycles. The van der Waals surface area contributed by atoms with Crippen molar-refractivity contribution in [3.8, 4) is 5.75 Å². The summed E-state index contributed by atoms with van der Waals surface area (Å²) in [6, 6.07) is 6.42. The number of nitrogens with one attached hydrogen (secondary N) is 1. The average Bonchev–Trinajstić information content (AvgIpc) is 2.39. The molecule has 0 spiro atoms. The molecular formula is C15H25NO2. The molecule has 102 valence electrons. The van der Waals surface area contributed by atoms with Crippen LogP contribution in [0.4, 0.5) is 0 Å². The third-order valence-electron chi connectivity index (χ3n) is 3.27. The van der Waals surface area contributed by atoms with Crippen molar-refractivity contribution in [2.75, 3.05) is 20.8 Å². The molecule has 0 amide bonds. The van der Waals surface area contributed by atoms with Crippen LogP contribution >= 0.6 is 0 Å². The Kier molecular flexibility index (Phi) is 6.16. The van der Waals surface area contributed by atoms with Crippen molar-refractivity contribution in [2.45, 2.75) is 39.3 Å². The SMILES string of the molecule is CCCNC(c1ccc(OC)cc1C)C(C)OC. The standard InChI is InChI=1S/C15H25NO2/c1-6-9-16-15(12(3)17-4)14-8-7-13(18-5)10-11(14)2/h7-8,10,12,15-16H,6,9H2,1-5H3. The lowest BCUT2D eigenvalue weighted by atomic mass is 9.97. The van der Waals surface area contributed by atoms with Gasteiger partial charge in [-0.05, 0) is 50.1 Å². The van der Waals surface area contributed by atoms with Crippen LogP contribution in [-0.2, 0) is 4.74 Å². The van der Waals surface area contributed by atoms with Crippen molar-refractivity contribution in [1.29, 1.82) is 0 Å². The lowest BCUT2D eigenvalue weighted by molar-refractivity contribution is 0.0828. The molecule has 18 heavy (non-hydrogen) atoms. The molecule has 2 atom stereocenters. The Labute approximate surface area is 110 Å². The van der Waals surface area contributed by atoms with Gasteiger partial charge in [-0.15, -0.1) is 0 Å². The minimum absolute atomic E-state index is 0.142. The Hall–Kier alpha value is -1.06. The molecule has 3 heteroatoms. The average molecular weight is 251 g/mol. The monoisotopic (exact) mass is 251 g/mol. The molecule has 3 nitrogen and oxygen atoms in total. The van der Waals surface area contributed by atoms with Crippen molar-refractivity contribution in [3.63, 3.8) is 0 Å². The van der Waals surface area contributed by atoms with Crippen LogP contribution in [-0.4, -0.2) is 26.9 Å². The lowest BCUT2D eigenvalue weighted by Crippen LogP contribution is -2.32. The number of hydrogen-bond acceptors (Lipinski definition) is 3. The second-order valence-corrected chi connectivity index (χ2v) is 4.60. The Balaban J connectivity index is 2.96. The predicted molar refractivity (Wildman–Crippen MR) is 75.2 cm³/mol. The van der Waals surface area contributed by atoms with Gasteiger partial charge in [0.05, 0.1) is 19.3 Å². The van der Waals surface area contributed by atoms with Gasteiger partial charge in [0.2, 0.25) is 0 Å². The molecule has 0 aliphatic heterocycles. The van der Waals surface area contributed by atoms with Gasteiger partial charge in [-0.1, -0.05) is 13.0 Å². The molecular weight excluding hydrogens is 226 g/mol. The van der Waals surface area contributed by atoms with Crippen molar-refractivity contribution in [2.24, 2.45) is 0 Å². The minimum atomic E-state index is 0.142. The third-order valence-corrected chi connectivity index (χ3v) is 3.27. The molecule has 0 aliphatic carbocycles. The van der Waals surface area contributed by atoms with E-state index in [9.17, 15) is 0 Å². The number of methoxy groups -OCH3 is 2. The number of aryl methyl sites for hydroxylation is 1. The number of hydrogen-bond donors (Lipinski definition) is 1. The Morgan fingerprint density at radius 2 is 2.00 bits per heavy atom. The zero-order valence-corrected chi connectivity index (χ0v) is 12.1. The van der Waals surface area contributed by atoms with Crippen LogP contribution in [0.15, 0.2) is 18.2 Å². The highest BCUT2D eigenvalue weighted by Gasteiger charge is 2.20. The summed E-state index contributed by atoms with van der Waals surface area (Å²) in [6.07, 6.45) is 1.26. The first-order valence-corrected chi connectivity index (χ1v) is 6.54. The number of benzene rings is 1. The fourth-order valence-corrected chi connectivity index (χ4v) is 2.09. The van der Waals surface area contributed by atoms with E-state index >= 15 is 0 Å². The maximum Gasteiger partial charge on any atom is 0.119 e. The Morgan fingerprint density at radius 3 is 2.50 bits per heavy atom. The first-order valence-electron chi connectivity index (χ1n) is 6.54. The van der Waals surface area contributed by atoms with Crippen molar-refractivity contribution < 1.29 is 9.47 Å². The van der Waals surface area contributed by atoms with E-state index in [4.69, 9.17) is 9.47 Å². The molecule has 0 saturated carbocycles. The molecule has 0 fully saturated rings. The molecule has 1 rings (SSSR count). The topological polar surface area (TPSA) is 30.5 Å². The van der Waals surface area contributed by atoms with Crippen molar-refractivity contribution >= 4 is 0 Å². The predicted octanol–water partition coefficient (Wildman–Crippen LogP) is 3.08. The summed E-state index contributed by atoms with van der Waals surface area (Å²) >= 11 is 0. The summed E-state index contributed by atoms with van der Waals surface area (Å²) in [5, 5.41) is 3.55. The van der Waals surface area contributed by atoms with Crippen LogP contribution in [0.5, 0.6) is 5.75 Å². The van der Waals surface area contributed by atoms with Gasteiger partial charge in [0.1, 0.15) is 5.75 Å². The van der Waals surface area contributed by atoms with Gasteiger partial charge in [0.25, 0.3) is 0 Å². The van der Waals surface area contributed by atoms with Crippen LogP contribution in [0.1, 0.15) is 37.4 Å². The van der Waals surface area contributed by atoms with Crippen LogP contribution in [0, 0.1) is 6.92 Å². The van der Waals surface area contributed by atoms with E-state index in [1.165, 1.54) is 11.1 Å². The zero-order chi connectivity index (χ0) is 13.5. The second-order valence-electron chi connectivity index (χ2n) is 4.60. The van der Waals surface area contributed by atoms with Gasteiger partial charge in [-0.25, -0.2) is 0 Å². The van der Waals surface area contributed by atoms with E-state index in [0.29, 0.717) is 0 Å². The van der Waals surface area contributed by atoms with Gasteiger partial charge >= 0.3 is 0 Å². The fourth-order valence-electron chi connectivity index (χ4n) is 2.09. The molecule has 1 aromatic carbocycles. The van der Waals surface area contributed by atoms with E-state index in [2.05, 4.69) is 38.2 Å². The highest BCUT2D eigenvalue weighted by atomic mass is 16.5. The van der Waals surface area contributed by atoms with E-state index in [1.54, 1.807) is 14.2 Å². The van der Waals surface area contributed by atoms with Gasteiger partial charge in [0, 0.05) is 7.11 Å². The normalized spacial score (nSPS) is 14.3. The molecule has 0 aliphatic rings. The number of ether oxygens (including phenoxy) is 2. The lowest BCUT2D eigenvalue weighted by Gasteiger charge is -2.26. The molecule has 1 N–H and O–H groups in total. The van der Waals surface area contributed by atoms with Crippen LogP contribution in [0.25, 0.3) is 0 Å². The van der Waals surface area contributed by atoms with E-state index in [0.717, 1.165) is 18.7 Å². The highest BCUT2D eigenvalue weighted by Crippen LogP contribution is 2.25. The van der Waals surface area contributed by atoms with Crippen molar-refractivity contribution in [1.82, 2.24) is 5.32 Å². The molecule has 1 aromatic rings. The second kappa shape index (κ2) is 7.39. The molecule has 0 saturated heterocycles. The molecule has 0 radical (unpaired) electrons. The summed E-state index contributed by atoms with van der Waals surface area (Å²) < 4.78 is 10.7. The smallest absolute Gasteiger partial charge is 0.119 e. The first kappa shape index (κ1) is 15.0. The van der Waals surface area contributed by atoms with E-state index in [-0.39, 0.29) is 12.1 Å². The van der Waals surface area contributed by atoms with Crippen LogP contribution in [0.3, 0.4) is 0 Å². The van der Waals surface area contributed by atoms with Crippen LogP contribution in [0.2, 0.25) is 0 Å². The largest absolute Gasteiger partial charge is 0.497 e. The van der Waals surface area contributed by atoms with Crippen molar-refractivity contribution in [3.05, 3.63) is 29.3 Å². The summed E-state index contributed by atoms with van der Waals surface area (Å²) in [5.41, 5.74) is 2.51. The van der Waals surface area contributed by atoms with Gasteiger partial charge in [-0.2, -0.15) is 0 Å². The third kappa shape index (κ3) is 3.72.